The SMILES string of the molecule is O=C(CCN1C(=S)N[C@H](c2ccccn2)[C@@H]1c1cccn1-c1cccc(C(F)(F)F)c1)Nc1ccccc1. The molecule has 0 bridgehead atoms. The van der Waals surface area contributed by atoms with E-state index >= 15 is 0 Å². The number of thiocarbonyl (C=S) groups is 1. The average Bonchev–Trinajstić information content (AvgIpc) is 3.52. The summed E-state index contributed by atoms with van der Waals surface area (Å²) >= 11 is 5.68. The Morgan fingerprint density at radius 3 is 2.53 bits per heavy atom. The summed E-state index contributed by atoms with van der Waals surface area (Å²) in [6.07, 6.45) is -0.901. The second-order valence-corrected chi connectivity index (χ2v) is 9.22. The third-order valence-corrected chi connectivity index (χ3v) is 6.72. The van der Waals surface area contributed by atoms with Gasteiger partial charge in [0.2, 0.25) is 5.91 Å². The van der Waals surface area contributed by atoms with Gasteiger partial charge in [-0.2, -0.15) is 13.2 Å². The van der Waals surface area contributed by atoms with Gasteiger partial charge < -0.3 is 20.1 Å². The first-order chi connectivity index (χ1) is 18.3. The van der Waals surface area contributed by atoms with Crippen molar-refractivity contribution in [3.63, 3.8) is 0 Å². The van der Waals surface area contributed by atoms with Crippen molar-refractivity contribution >= 4 is 28.9 Å². The molecule has 2 N–H and O–H groups in total. The molecule has 5 rings (SSSR count). The molecule has 3 heterocycles. The maximum atomic E-state index is 13.4. The number of carbonyl (C=O) groups excluding carboxylic acids is 1. The Morgan fingerprint density at radius 2 is 1.79 bits per heavy atom. The van der Waals surface area contributed by atoms with Crippen LogP contribution in [0.15, 0.2) is 97.3 Å². The lowest BCUT2D eigenvalue weighted by Gasteiger charge is -2.29. The van der Waals surface area contributed by atoms with E-state index in [1.807, 2.05) is 59.5 Å². The van der Waals surface area contributed by atoms with E-state index in [1.54, 1.807) is 29.1 Å². The van der Waals surface area contributed by atoms with Gasteiger partial charge in [0.1, 0.15) is 0 Å². The number of anilines is 1. The van der Waals surface area contributed by atoms with Crippen LogP contribution in [0.5, 0.6) is 0 Å². The van der Waals surface area contributed by atoms with Gasteiger partial charge in [-0.05, 0) is 66.8 Å². The number of pyridine rings is 1. The van der Waals surface area contributed by atoms with Crippen molar-refractivity contribution in [2.45, 2.75) is 24.7 Å². The summed E-state index contributed by atoms with van der Waals surface area (Å²) in [6, 6.07) is 22.7. The molecule has 0 spiro atoms. The zero-order valence-corrected chi connectivity index (χ0v) is 20.9. The molecular weight excluding hydrogens is 511 g/mol. The lowest BCUT2D eigenvalue weighted by atomic mass is 10.0. The van der Waals surface area contributed by atoms with E-state index in [9.17, 15) is 18.0 Å². The van der Waals surface area contributed by atoms with Crippen LogP contribution in [0, 0.1) is 0 Å². The van der Waals surface area contributed by atoms with Gasteiger partial charge in [-0.3, -0.25) is 9.78 Å². The van der Waals surface area contributed by atoms with Crippen LogP contribution in [0.4, 0.5) is 18.9 Å². The van der Waals surface area contributed by atoms with Crippen molar-refractivity contribution in [3.05, 3.63) is 114 Å². The summed E-state index contributed by atoms with van der Waals surface area (Å²) in [5.74, 6) is -0.174. The number of halogens is 3. The molecule has 194 valence electrons. The number of para-hydroxylation sites is 1. The maximum absolute atomic E-state index is 13.4. The molecule has 2 atom stereocenters. The fourth-order valence-corrected chi connectivity index (χ4v) is 4.97. The summed E-state index contributed by atoms with van der Waals surface area (Å²) in [4.78, 5) is 19.1. The first-order valence-corrected chi connectivity index (χ1v) is 12.4. The third kappa shape index (κ3) is 5.40. The van der Waals surface area contributed by atoms with E-state index in [-0.39, 0.29) is 18.4 Å². The number of hydrogen-bond acceptors (Lipinski definition) is 3. The Bertz CT molecular complexity index is 1430. The molecule has 1 aliphatic heterocycles. The Hall–Kier alpha value is -4.18. The molecule has 1 aliphatic rings. The molecule has 2 aromatic heterocycles. The zero-order valence-electron chi connectivity index (χ0n) is 20.1. The fraction of sp³-hybridized carbons (Fsp3) is 0.179. The van der Waals surface area contributed by atoms with Crippen molar-refractivity contribution in [1.82, 2.24) is 19.8 Å². The normalized spacial score (nSPS) is 17.3. The van der Waals surface area contributed by atoms with Gasteiger partial charge in [0.15, 0.2) is 5.11 Å². The molecule has 1 fully saturated rings. The number of nitrogens with zero attached hydrogens (tertiary/aromatic N) is 3. The van der Waals surface area contributed by atoms with E-state index in [2.05, 4.69) is 15.6 Å². The molecule has 1 amide bonds. The number of carbonyl (C=O) groups is 1. The van der Waals surface area contributed by atoms with Gasteiger partial charge in [0.25, 0.3) is 0 Å². The van der Waals surface area contributed by atoms with Crippen LogP contribution in [-0.4, -0.2) is 32.0 Å². The van der Waals surface area contributed by atoms with Crippen LogP contribution < -0.4 is 10.6 Å². The number of alkyl halides is 3. The highest BCUT2D eigenvalue weighted by Crippen LogP contribution is 2.40. The summed E-state index contributed by atoms with van der Waals surface area (Å²) in [7, 11) is 0. The number of nitrogens with one attached hydrogen (secondary N) is 2. The Balaban J connectivity index is 1.47. The summed E-state index contributed by atoms with van der Waals surface area (Å²) in [5, 5.41) is 6.63. The lowest BCUT2D eigenvalue weighted by Crippen LogP contribution is -2.33. The monoisotopic (exact) mass is 535 g/mol. The molecule has 38 heavy (non-hydrogen) atoms. The van der Waals surface area contributed by atoms with Crippen molar-refractivity contribution in [2.75, 3.05) is 11.9 Å². The van der Waals surface area contributed by atoms with Gasteiger partial charge >= 0.3 is 6.18 Å². The molecule has 4 aromatic rings. The van der Waals surface area contributed by atoms with E-state index < -0.39 is 17.8 Å². The van der Waals surface area contributed by atoms with Crippen molar-refractivity contribution in [1.29, 1.82) is 0 Å². The Labute approximate surface area is 223 Å². The van der Waals surface area contributed by atoms with E-state index in [1.165, 1.54) is 6.07 Å². The fourth-order valence-electron chi connectivity index (χ4n) is 4.64. The van der Waals surface area contributed by atoms with Gasteiger partial charge in [0, 0.05) is 42.4 Å². The van der Waals surface area contributed by atoms with Crippen molar-refractivity contribution in [3.8, 4) is 5.69 Å². The standard InChI is InChI=1S/C28H24F3N5OS/c29-28(30,31)19-8-6-11-21(18-19)35-16-7-13-23(35)26-25(22-12-4-5-15-32-22)34-27(38)36(26)17-14-24(37)33-20-9-2-1-3-10-20/h1-13,15-16,18,25-26H,14,17H2,(H,33,37)(H,34,38)/t25-,26+/m1/s1. The van der Waals surface area contributed by atoms with Crippen LogP contribution in [-0.2, 0) is 11.0 Å². The molecular formula is C28H24F3N5OS. The maximum Gasteiger partial charge on any atom is 0.416 e. The third-order valence-electron chi connectivity index (χ3n) is 6.37. The summed E-state index contributed by atoms with van der Waals surface area (Å²) in [5.41, 5.74) is 1.79. The molecule has 1 saturated heterocycles. The molecule has 10 heteroatoms. The first-order valence-electron chi connectivity index (χ1n) is 12.0. The lowest BCUT2D eigenvalue weighted by molar-refractivity contribution is -0.137. The van der Waals surface area contributed by atoms with Gasteiger partial charge in [-0.25, -0.2) is 0 Å². The van der Waals surface area contributed by atoms with Crippen molar-refractivity contribution < 1.29 is 18.0 Å². The zero-order chi connectivity index (χ0) is 26.7. The van der Waals surface area contributed by atoms with Crippen LogP contribution >= 0.6 is 12.2 Å². The highest BCUT2D eigenvalue weighted by molar-refractivity contribution is 7.80. The molecule has 0 saturated carbocycles. The van der Waals surface area contributed by atoms with E-state index in [4.69, 9.17) is 12.2 Å². The smallest absolute Gasteiger partial charge is 0.352 e. The predicted octanol–water partition coefficient (Wildman–Crippen LogP) is 5.89. The minimum atomic E-state index is -4.46. The topological polar surface area (TPSA) is 62.2 Å². The first kappa shape index (κ1) is 25.5. The van der Waals surface area contributed by atoms with Gasteiger partial charge in [0.05, 0.1) is 23.3 Å². The highest BCUT2D eigenvalue weighted by atomic mass is 32.1. The van der Waals surface area contributed by atoms with Gasteiger partial charge in [-0.1, -0.05) is 30.3 Å². The molecule has 6 nitrogen and oxygen atoms in total. The van der Waals surface area contributed by atoms with Crippen molar-refractivity contribution in [2.24, 2.45) is 0 Å². The van der Waals surface area contributed by atoms with Gasteiger partial charge in [-0.15, -0.1) is 0 Å². The molecule has 0 radical (unpaired) electrons. The number of amides is 1. The molecule has 0 aliphatic carbocycles. The Kier molecular flexibility index (Phi) is 7.15. The predicted molar refractivity (Wildman–Crippen MR) is 143 cm³/mol. The van der Waals surface area contributed by atoms with Crippen LogP contribution in [0.3, 0.4) is 0 Å². The van der Waals surface area contributed by atoms with Crippen LogP contribution in [0.1, 0.15) is 35.5 Å². The Morgan fingerprint density at radius 1 is 1.00 bits per heavy atom. The largest absolute Gasteiger partial charge is 0.416 e. The number of rotatable bonds is 7. The number of aromatic nitrogens is 2. The summed E-state index contributed by atoms with van der Waals surface area (Å²) in [6.45, 7) is 0.298. The number of benzene rings is 2. The molecule has 0 unspecified atom stereocenters. The minimum Gasteiger partial charge on any atom is -0.352 e. The minimum absolute atomic E-state index is 0.159. The van der Waals surface area contributed by atoms with Crippen LogP contribution in [0.25, 0.3) is 5.69 Å². The number of hydrogen-bond donors (Lipinski definition) is 2. The quantitative estimate of drug-likeness (QED) is 0.289. The second kappa shape index (κ2) is 10.7. The highest BCUT2D eigenvalue weighted by Gasteiger charge is 2.41. The average molecular weight is 536 g/mol. The van der Waals surface area contributed by atoms with Crippen LogP contribution in [0.2, 0.25) is 0 Å². The molecule has 2 aromatic carbocycles. The van der Waals surface area contributed by atoms with E-state index in [0.717, 1.165) is 23.5 Å². The second-order valence-electron chi connectivity index (χ2n) is 8.84. The summed E-state index contributed by atoms with van der Waals surface area (Å²) < 4.78 is 42.1. The van der Waals surface area contributed by atoms with E-state index in [0.29, 0.717) is 23.0 Å².